The molecule has 0 aliphatic carbocycles. The molecule has 16 heavy (non-hydrogen) atoms. The summed E-state index contributed by atoms with van der Waals surface area (Å²) in [6.07, 6.45) is 1.23. The molecular formula is C12H18N2O2. The molecule has 1 rings (SSSR count). The summed E-state index contributed by atoms with van der Waals surface area (Å²) in [7, 11) is 3.38. The van der Waals surface area contributed by atoms with Crippen LogP contribution in [0, 0.1) is 6.92 Å². The van der Waals surface area contributed by atoms with E-state index in [1.165, 1.54) is 0 Å². The van der Waals surface area contributed by atoms with E-state index in [1.807, 2.05) is 25.1 Å². The lowest BCUT2D eigenvalue weighted by molar-refractivity contribution is -0.118. The number of ether oxygens (including phenoxy) is 1. The van der Waals surface area contributed by atoms with E-state index in [9.17, 15) is 4.79 Å². The summed E-state index contributed by atoms with van der Waals surface area (Å²) in [5.41, 5.74) is 0.911. The molecule has 0 aliphatic heterocycles. The number of pyridine rings is 1. The van der Waals surface area contributed by atoms with Gasteiger partial charge in [-0.3, -0.25) is 9.69 Å². The number of hydrogen-bond donors (Lipinski definition) is 0. The van der Waals surface area contributed by atoms with Gasteiger partial charge in [0.2, 0.25) is 5.91 Å². The van der Waals surface area contributed by atoms with Gasteiger partial charge in [-0.15, -0.1) is 0 Å². The van der Waals surface area contributed by atoms with Crippen LogP contribution >= 0.6 is 0 Å². The van der Waals surface area contributed by atoms with Crippen molar-refractivity contribution in [2.24, 2.45) is 0 Å². The van der Waals surface area contributed by atoms with Crippen molar-refractivity contribution in [3.8, 4) is 0 Å². The van der Waals surface area contributed by atoms with Gasteiger partial charge in [-0.05, 0) is 25.5 Å². The zero-order valence-corrected chi connectivity index (χ0v) is 10.1. The van der Waals surface area contributed by atoms with Gasteiger partial charge in [0.1, 0.15) is 5.82 Å². The first-order chi connectivity index (χ1) is 7.65. The average Bonchev–Trinajstić information content (AvgIpc) is 2.28. The number of rotatable bonds is 5. The third-order valence-corrected chi connectivity index (χ3v) is 2.33. The van der Waals surface area contributed by atoms with Gasteiger partial charge in [-0.1, -0.05) is 6.07 Å². The first-order valence-corrected chi connectivity index (χ1v) is 5.34. The van der Waals surface area contributed by atoms with Crippen molar-refractivity contribution >= 4 is 11.7 Å². The predicted molar refractivity (Wildman–Crippen MR) is 63.5 cm³/mol. The van der Waals surface area contributed by atoms with Crippen LogP contribution in [0.25, 0.3) is 0 Å². The average molecular weight is 222 g/mol. The molecule has 0 radical (unpaired) electrons. The molecule has 0 bridgehead atoms. The maximum absolute atomic E-state index is 11.8. The van der Waals surface area contributed by atoms with Crippen LogP contribution in [-0.2, 0) is 9.53 Å². The van der Waals surface area contributed by atoms with E-state index in [0.717, 1.165) is 12.1 Å². The number of aromatic nitrogens is 1. The highest BCUT2D eigenvalue weighted by molar-refractivity contribution is 5.91. The van der Waals surface area contributed by atoms with E-state index in [0.29, 0.717) is 18.8 Å². The molecule has 1 aromatic heterocycles. The van der Waals surface area contributed by atoms with Crippen LogP contribution < -0.4 is 4.90 Å². The van der Waals surface area contributed by atoms with Gasteiger partial charge >= 0.3 is 0 Å². The molecule has 4 nitrogen and oxygen atoms in total. The van der Waals surface area contributed by atoms with Crippen LogP contribution in [0.1, 0.15) is 18.5 Å². The Morgan fingerprint density at radius 2 is 2.25 bits per heavy atom. The largest absolute Gasteiger partial charge is 0.385 e. The zero-order valence-electron chi connectivity index (χ0n) is 10.1. The maximum Gasteiger partial charge on any atom is 0.227 e. The topological polar surface area (TPSA) is 42.4 Å². The fraction of sp³-hybridized carbons (Fsp3) is 0.500. The van der Waals surface area contributed by atoms with Crippen molar-refractivity contribution in [3.05, 3.63) is 23.9 Å². The quantitative estimate of drug-likeness (QED) is 0.713. The Morgan fingerprint density at radius 3 is 2.88 bits per heavy atom. The molecule has 0 N–H and O–H groups in total. The maximum atomic E-state index is 11.8. The molecule has 0 spiro atoms. The highest BCUT2D eigenvalue weighted by Gasteiger charge is 2.11. The molecule has 0 fully saturated rings. The molecule has 0 unspecified atom stereocenters. The van der Waals surface area contributed by atoms with Crippen LogP contribution in [0.3, 0.4) is 0 Å². The van der Waals surface area contributed by atoms with Crippen LogP contribution in [0.5, 0.6) is 0 Å². The van der Waals surface area contributed by atoms with Gasteiger partial charge in [0.05, 0.1) is 0 Å². The van der Waals surface area contributed by atoms with Crippen LogP contribution in [-0.4, -0.2) is 31.7 Å². The summed E-state index contributed by atoms with van der Waals surface area (Å²) < 4.78 is 4.91. The van der Waals surface area contributed by atoms with Crippen molar-refractivity contribution < 1.29 is 9.53 Å². The SMILES string of the molecule is COCCCC(=O)N(C)c1cccc(C)n1. The van der Waals surface area contributed by atoms with Crippen LogP contribution in [0.15, 0.2) is 18.2 Å². The highest BCUT2D eigenvalue weighted by atomic mass is 16.5. The minimum absolute atomic E-state index is 0.0650. The number of methoxy groups -OCH3 is 1. The Labute approximate surface area is 96.2 Å². The minimum atomic E-state index is 0.0650. The summed E-state index contributed by atoms with van der Waals surface area (Å²) >= 11 is 0. The molecular weight excluding hydrogens is 204 g/mol. The molecule has 4 heteroatoms. The molecule has 1 heterocycles. The second-order valence-corrected chi connectivity index (χ2v) is 3.69. The predicted octanol–water partition coefficient (Wildman–Crippen LogP) is 1.78. The number of anilines is 1. The highest BCUT2D eigenvalue weighted by Crippen LogP contribution is 2.10. The lowest BCUT2D eigenvalue weighted by Gasteiger charge is -2.16. The Morgan fingerprint density at radius 1 is 1.50 bits per heavy atom. The second kappa shape index (κ2) is 6.23. The number of aryl methyl sites for hydroxylation is 1. The van der Waals surface area contributed by atoms with Gasteiger partial charge in [0.25, 0.3) is 0 Å². The van der Waals surface area contributed by atoms with Crippen molar-refractivity contribution in [3.63, 3.8) is 0 Å². The standard InChI is InChI=1S/C12H18N2O2/c1-10-6-4-7-11(13-10)14(2)12(15)8-5-9-16-3/h4,6-7H,5,8-9H2,1-3H3. The summed E-state index contributed by atoms with van der Waals surface area (Å²) in [5, 5.41) is 0. The molecule has 0 aliphatic rings. The van der Waals surface area contributed by atoms with Crippen molar-refractivity contribution in [2.45, 2.75) is 19.8 Å². The summed E-state index contributed by atoms with van der Waals surface area (Å²) in [6, 6.07) is 5.64. The number of amides is 1. The van der Waals surface area contributed by atoms with Gasteiger partial charge < -0.3 is 4.74 Å². The van der Waals surface area contributed by atoms with Crippen molar-refractivity contribution in [2.75, 3.05) is 25.7 Å². The van der Waals surface area contributed by atoms with E-state index < -0.39 is 0 Å². The number of carbonyl (C=O) groups excluding carboxylic acids is 1. The molecule has 0 saturated carbocycles. The molecule has 0 aromatic carbocycles. The lowest BCUT2D eigenvalue weighted by atomic mass is 10.3. The van der Waals surface area contributed by atoms with E-state index in [-0.39, 0.29) is 5.91 Å². The lowest BCUT2D eigenvalue weighted by Crippen LogP contribution is -2.27. The smallest absolute Gasteiger partial charge is 0.227 e. The number of hydrogen-bond acceptors (Lipinski definition) is 3. The summed E-state index contributed by atoms with van der Waals surface area (Å²) in [6.45, 7) is 2.52. The van der Waals surface area contributed by atoms with Gasteiger partial charge in [0.15, 0.2) is 0 Å². The third-order valence-electron chi connectivity index (χ3n) is 2.33. The Balaban J connectivity index is 2.56. The summed E-state index contributed by atoms with van der Waals surface area (Å²) in [4.78, 5) is 17.6. The van der Waals surface area contributed by atoms with Crippen LogP contribution in [0.4, 0.5) is 5.82 Å². The Bertz CT molecular complexity index is 353. The van der Waals surface area contributed by atoms with E-state index in [4.69, 9.17) is 4.74 Å². The fourth-order valence-electron chi connectivity index (χ4n) is 1.38. The first kappa shape index (κ1) is 12.6. The second-order valence-electron chi connectivity index (χ2n) is 3.69. The number of carbonyl (C=O) groups is 1. The molecule has 1 aromatic rings. The van der Waals surface area contributed by atoms with E-state index in [2.05, 4.69) is 4.98 Å². The van der Waals surface area contributed by atoms with E-state index in [1.54, 1.807) is 19.1 Å². The normalized spacial score (nSPS) is 10.2. The molecule has 0 saturated heterocycles. The van der Waals surface area contributed by atoms with E-state index >= 15 is 0 Å². The van der Waals surface area contributed by atoms with Crippen molar-refractivity contribution in [1.29, 1.82) is 0 Å². The Hall–Kier alpha value is -1.42. The molecule has 0 atom stereocenters. The monoisotopic (exact) mass is 222 g/mol. The Kier molecular flexibility index (Phi) is 4.92. The molecule has 88 valence electrons. The van der Waals surface area contributed by atoms with Gasteiger partial charge in [0, 0.05) is 32.9 Å². The molecule has 1 amide bonds. The zero-order chi connectivity index (χ0) is 12.0. The first-order valence-electron chi connectivity index (χ1n) is 5.34. The fourth-order valence-corrected chi connectivity index (χ4v) is 1.38. The third kappa shape index (κ3) is 3.62. The van der Waals surface area contributed by atoms with Gasteiger partial charge in [-0.25, -0.2) is 4.98 Å². The van der Waals surface area contributed by atoms with Crippen molar-refractivity contribution in [1.82, 2.24) is 4.98 Å². The van der Waals surface area contributed by atoms with Gasteiger partial charge in [-0.2, -0.15) is 0 Å². The number of nitrogens with zero attached hydrogens (tertiary/aromatic N) is 2. The minimum Gasteiger partial charge on any atom is -0.385 e. The summed E-state index contributed by atoms with van der Waals surface area (Å²) in [5.74, 6) is 0.762. The van der Waals surface area contributed by atoms with Crippen LogP contribution in [0.2, 0.25) is 0 Å².